The van der Waals surface area contributed by atoms with Gasteiger partial charge >= 0.3 is 0 Å². The molecular formula is C16H24N4O. The van der Waals surface area contributed by atoms with Crippen molar-refractivity contribution in [3.05, 3.63) is 30.1 Å². The molecule has 21 heavy (non-hydrogen) atoms. The van der Waals surface area contributed by atoms with Crippen molar-refractivity contribution in [2.24, 2.45) is 10.4 Å². The molecule has 1 unspecified atom stereocenters. The topological polar surface area (TPSA) is 49.8 Å². The third kappa shape index (κ3) is 3.35. The normalized spacial score (nSPS) is 25.8. The highest BCUT2D eigenvalue weighted by Crippen LogP contribution is 2.38. The summed E-state index contributed by atoms with van der Waals surface area (Å²) in [5, 5.41) is 3.41. The molecule has 1 N–H and O–H groups in total. The summed E-state index contributed by atoms with van der Waals surface area (Å²) in [4.78, 5) is 11.5. The SMILES string of the molecule is CCNC(=NCc1ccccn1)N1CCC2(CCOC2)C1. The maximum atomic E-state index is 5.60. The zero-order valence-electron chi connectivity index (χ0n) is 12.7. The van der Waals surface area contributed by atoms with Crippen LogP contribution in [-0.4, -0.2) is 48.7 Å². The lowest BCUT2D eigenvalue weighted by atomic mass is 9.87. The molecule has 0 amide bonds. The molecule has 0 bridgehead atoms. The van der Waals surface area contributed by atoms with Gasteiger partial charge in [-0.15, -0.1) is 0 Å². The standard InChI is InChI=1S/C16H24N4O/c1-2-17-15(19-11-14-5-3-4-8-18-14)20-9-6-16(12-20)7-10-21-13-16/h3-5,8H,2,6-7,9-13H2,1H3,(H,17,19). The fourth-order valence-electron chi connectivity index (χ4n) is 3.16. The van der Waals surface area contributed by atoms with Crippen molar-refractivity contribution in [1.82, 2.24) is 15.2 Å². The molecule has 0 aliphatic carbocycles. The van der Waals surface area contributed by atoms with Crippen LogP contribution in [0, 0.1) is 5.41 Å². The first kappa shape index (κ1) is 14.3. The average Bonchev–Trinajstić information content (AvgIpc) is 3.15. The molecule has 0 radical (unpaired) electrons. The first-order chi connectivity index (χ1) is 10.3. The Labute approximate surface area is 126 Å². The molecule has 5 nitrogen and oxygen atoms in total. The van der Waals surface area contributed by atoms with Gasteiger partial charge in [-0.1, -0.05) is 6.07 Å². The van der Waals surface area contributed by atoms with Gasteiger partial charge < -0.3 is 15.0 Å². The Morgan fingerprint density at radius 3 is 3.14 bits per heavy atom. The van der Waals surface area contributed by atoms with E-state index in [0.717, 1.165) is 44.5 Å². The number of guanidine groups is 1. The molecule has 0 aromatic carbocycles. The lowest BCUT2D eigenvalue weighted by Crippen LogP contribution is -2.41. The number of hydrogen-bond acceptors (Lipinski definition) is 3. The number of likely N-dealkylation sites (tertiary alicyclic amines) is 1. The third-order valence-electron chi connectivity index (χ3n) is 4.37. The molecule has 2 aliphatic heterocycles. The van der Waals surface area contributed by atoms with E-state index >= 15 is 0 Å². The summed E-state index contributed by atoms with van der Waals surface area (Å²) in [6, 6.07) is 5.96. The second kappa shape index (κ2) is 6.43. The number of rotatable bonds is 3. The van der Waals surface area contributed by atoms with Gasteiger partial charge in [-0.05, 0) is 31.9 Å². The molecule has 1 atom stereocenters. The molecule has 1 aromatic heterocycles. The van der Waals surface area contributed by atoms with Gasteiger partial charge in [0.05, 0.1) is 18.8 Å². The van der Waals surface area contributed by atoms with Crippen molar-refractivity contribution in [2.75, 3.05) is 32.8 Å². The highest BCUT2D eigenvalue weighted by atomic mass is 16.5. The maximum absolute atomic E-state index is 5.60. The van der Waals surface area contributed by atoms with Gasteiger partial charge in [0.2, 0.25) is 0 Å². The van der Waals surface area contributed by atoms with Gasteiger partial charge in [0.1, 0.15) is 0 Å². The summed E-state index contributed by atoms with van der Waals surface area (Å²) in [6.45, 7) is 7.57. The van der Waals surface area contributed by atoms with Crippen molar-refractivity contribution in [1.29, 1.82) is 0 Å². The fraction of sp³-hybridized carbons (Fsp3) is 0.625. The van der Waals surface area contributed by atoms with Crippen molar-refractivity contribution in [2.45, 2.75) is 26.3 Å². The van der Waals surface area contributed by atoms with E-state index in [4.69, 9.17) is 9.73 Å². The van der Waals surface area contributed by atoms with Crippen LogP contribution in [0.3, 0.4) is 0 Å². The second-order valence-corrected chi connectivity index (χ2v) is 5.97. The number of hydrogen-bond donors (Lipinski definition) is 1. The van der Waals surface area contributed by atoms with E-state index in [1.165, 1.54) is 12.8 Å². The Hall–Kier alpha value is -1.62. The van der Waals surface area contributed by atoms with Gasteiger partial charge in [0, 0.05) is 37.9 Å². The molecule has 5 heteroatoms. The van der Waals surface area contributed by atoms with Crippen molar-refractivity contribution >= 4 is 5.96 Å². The van der Waals surface area contributed by atoms with Crippen molar-refractivity contribution < 1.29 is 4.74 Å². The molecular weight excluding hydrogens is 264 g/mol. The fourth-order valence-corrected chi connectivity index (χ4v) is 3.16. The molecule has 3 rings (SSSR count). The number of nitrogens with zero attached hydrogens (tertiary/aromatic N) is 3. The molecule has 2 aliphatic rings. The summed E-state index contributed by atoms with van der Waals surface area (Å²) in [5.41, 5.74) is 1.37. The Morgan fingerprint density at radius 1 is 1.48 bits per heavy atom. The Bertz CT molecular complexity index is 482. The van der Waals surface area contributed by atoms with Gasteiger partial charge in [-0.2, -0.15) is 0 Å². The number of nitrogens with one attached hydrogen (secondary N) is 1. The molecule has 3 heterocycles. The average molecular weight is 288 g/mol. The zero-order chi connectivity index (χ0) is 14.5. The first-order valence-corrected chi connectivity index (χ1v) is 7.82. The lowest BCUT2D eigenvalue weighted by Gasteiger charge is -2.24. The van der Waals surface area contributed by atoms with Gasteiger partial charge in [0.15, 0.2) is 5.96 Å². The van der Waals surface area contributed by atoms with Crippen LogP contribution in [0.15, 0.2) is 29.4 Å². The minimum absolute atomic E-state index is 0.362. The monoisotopic (exact) mass is 288 g/mol. The summed E-state index contributed by atoms with van der Waals surface area (Å²) >= 11 is 0. The molecule has 1 spiro atoms. The molecule has 2 saturated heterocycles. The molecule has 0 saturated carbocycles. The predicted molar refractivity (Wildman–Crippen MR) is 83.1 cm³/mol. The number of aromatic nitrogens is 1. The van der Waals surface area contributed by atoms with Crippen LogP contribution >= 0.6 is 0 Å². The molecule has 2 fully saturated rings. The van der Waals surface area contributed by atoms with Gasteiger partial charge in [-0.25, -0.2) is 4.99 Å². The molecule has 114 valence electrons. The van der Waals surface area contributed by atoms with Crippen LogP contribution in [-0.2, 0) is 11.3 Å². The van der Waals surface area contributed by atoms with Gasteiger partial charge in [-0.3, -0.25) is 4.98 Å². The van der Waals surface area contributed by atoms with E-state index in [2.05, 4.69) is 22.1 Å². The Morgan fingerprint density at radius 2 is 2.43 bits per heavy atom. The first-order valence-electron chi connectivity index (χ1n) is 7.82. The van der Waals surface area contributed by atoms with E-state index in [9.17, 15) is 0 Å². The van der Waals surface area contributed by atoms with E-state index in [0.29, 0.717) is 12.0 Å². The van der Waals surface area contributed by atoms with Crippen LogP contribution < -0.4 is 5.32 Å². The van der Waals surface area contributed by atoms with Crippen LogP contribution in [0.5, 0.6) is 0 Å². The second-order valence-electron chi connectivity index (χ2n) is 5.97. The van der Waals surface area contributed by atoms with Crippen LogP contribution in [0.4, 0.5) is 0 Å². The summed E-state index contributed by atoms with van der Waals surface area (Å²) in [5.74, 6) is 1.01. The van der Waals surface area contributed by atoms with Crippen molar-refractivity contribution in [3.8, 4) is 0 Å². The zero-order valence-corrected chi connectivity index (χ0v) is 12.7. The van der Waals surface area contributed by atoms with E-state index in [1.807, 2.05) is 24.4 Å². The van der Waals surface area contributed by atoms with Crippen molar-refractivity contribution in [3.63, 3.8) is 0 Å². The largest absolute Gasteiger partial charge is 0.381 e. The minimum Gasteiger partial charge on any atom is -0.381 e. The smallest absolute Gasteiger partial charge is 0.194 e. The quantitative estimate of drug-likeness (QED) is 0.679. The third-order valence-corrected chi connectivity index (χ3v) is 4.37. The van der Waals surface area contributed by atoms with E-state index in [-0.39, 0.29) is 0 Å². The van der Waals surface area contributed by atoms with Crippen LogP contribution in [0.2, 0.25) is 0 Å². The summed E-state index contributed by atoms with van der Waals surface area (Å²) in [7, 11) is 0. The highest BCUT2D eigenvalue weighted by Gasteiger charge is 2.42. The van der Waals surface area contributed by atoms with Crippen LogP contribution in [0.1, 0.15) is 25.5 Å². The van der Waals surface area contributed by atoms with E-state index in [1.54, 1.807) is 0 Å². The summed E-state index contributed by atoms with van der Waals surface area (Å²) < 4.78 is 5.60. The Balaban J connectivity index is 1.67. The Kier molecular flexibility index (Phi) is 4.39. The lowest BCUT2D eigenvalue weighted by molar-refractivity contribution is 0.156. The number of aliphatic imine (C=N–C) groups is 1. The highest BCUT2D eigenvalue weighted by molar-refractivity contribution is 5.80. The number of pyridine rings is 1. The molecule has 1 aromatic rings. The number of ether oxygens (including phenoxy) is 1. The van der Waals surface area contributed by atoms with E-state index < -0.39 is 0 Å². The maximum Gasteiger partial charge on any atom is 0.194 e. The summed E-state index contributed by atoms with van der Waals surface area (Å²) in [6.07, 6.45) is 4.21. The van der Waals surface area contributed by atoms with Gasteiger partial charge in [0.25, 0.3) is 0 Å². The predicted octanol–water partition coefficient (Wildman–Crippen LogP) is 1.66. The minimum atomic E-state index is 0.362. The van der Waals surface area contributed by atoms with Crippen LogP contribution in [0.25, 0.3) is 0 Å².